The Kier molecular flexibility index (Phi) is 4.80. The van der Waals surface area contributed by atoms with Crippen molar-refractivity contribution < 1.29 is 4.74 Å². The van der Waals surface area contributed by atoms with E-state index in [1.807, 2.05) is 24.3 Å². The summed E-state index contributed by atoms with van der Waals surface area (Å²) in [5, 5.41) is 4.20. The monoisotopic (exact) mass is 254 g/mol. The Morgan fingerprint density at radius 1 is 1.41 bits per heavy atom. The lowest BCUT2D eigenvalue weighted by Gasteiger charge is -2.30. The van der Waals surface area contributed by atoms with Crippen molar-refractivity contribution in [3.63, 3.8) is 0 Å². The van der Waals surface area contributed by atoms with Crippen LogP contribution in [0, 0.1) is 0 Å². The van der Waals surface area contributed by atoms with Crippen LogP contribution in [0.3, 0.4) is 0 Å². The van der Waals surface area contributed by atoms with Crippen molar-refractivity contribution in [3.8, 4) is 0 Å². The van der Waals surface area contributed by atoms with E-state index in [-0.39, 0.29) is 0 Å². The third-order valence-corrected chi connectivity index (χ3v) is 3.21. The van der Waals surface area contributed by atoms with Crippen LogP contribution in [0.25, 0.3) is 0 Å². The predicted molar refractivity (Wildman–Crippen MR) is 70.4 cm³/mol. The number of rotatable bonds is 4. The maximum absolute atomic E-state index is 5.84. The van der Waals surface area contributed by atoms with E-state index >= 15 is 0 Å². The number of hydrogen-bond acceptors (Lipinski definition) is 3. The zero-order valence-electron chi connectivity index (χ0n) is 10.2. The van der Waals surface area contributed by atoms with Crippen molar-refractivity contribution in [2.75, 3.05) is 33.3 Å². The molecule has 1 aromatic rings. The fourth-order valence-electron chi connectivity index (χ4n) is 1.97. The van der Waals surface area contributed by atoms with Crippen molar-refractivity contribution in [2.45, 2.75) is 12.6 Å². The molecule has 1 aliphatic heterocycles. The Hall–Kier alpha value is -0.610. The highest BCUT2D eigenvalue weighted by Crippen LogP contribution is 2.09. The molecule has 1 N–H and O–H groups in total. The zero-order chi connectivity index (χ0) is 12.1. The van der Waals surface area contributed by atoms with E-state index in [4.69, 9.17) is 16.3 Å². The van der Waals surface area contributed by atoms with Crippen LogP contribution in [-0.2, 0) is 11.3 Å². The molecule has 4 heteroatoms. The molecule has 1 heterocycles. The smallest absolute Gasteiger partial charge is 0.0826 e. The second-order valence-corrected chi connectivity index (χ2v) is 4.95. The SMILES string of the molecule is CN1CCOC(CNCc2ccc(Cl)cc2)C1. The maximum atomic E-state index is 5.84. The van der Waals surface area contributed by atoms with E-state index in [2.05, 4.69) is 17.3 Å². The van der Waals surface area contributed by atoms with Gasteiger partial charge in [0.2, 0.25) is 0 Å². The minimum absolute atomic E-state index is 0.307. The molecule has 0 spiro atoms. The first-order valence-corrected chi connectivity index (χ1v) is 6.37. The predicted octanol–water partition coefficient (Wildman–Crippen LogP) is 1.76. The first kappa shape index (κ1) is 12.8. The lowest BCUT2D eigenvalue weighted by Crippen LogP contribution is -2.44. The van der Waals surface area contributed by atoms with Crippen LogP contribution in [0.4, 0.5) is 0 Å². The second-order valence-electron chi connectivity index (χ2n) is 4.51. The van der Waals surface area contributed by atoms with Crippen LogP contribution < -0.4 is 5.32 Å². The summed E-state index contributed by atoms with van der Waals surface area (Å²) >= 11 is 5.84. The Balaban J connectivity index is 1.70. The van der Waals surface area contributed by atoms with Crippen LogP contribution in [0.15, 0.2) is 24.3 Å². The number of nitrogens with one attached hydrogen (secondary N) is 1. The Labute approximate surface area is 108 Å². The van der Waals surface area contributed by atoms with Gasteiger partial charge in [0.15, 0.2) is 0 Å². The summed E-state index contributed by atoms with van der Waals surface area (Å²) in [5.41, 5.74) is 1.25. The van der Waals surface area contributed by atoms with E-state index in [0.717, 1.165) is 37.8 Å². The van der Waals surface area contributed by atoms with Gasteiger partial charge in [-0.3, -0.25) is 0 Å². The van der Waals surface area contributed by atoms with Crippen LogP contribution in [0.5, 0.6) is 0 Å². The lowest BCUT2D eigenvalue weighted by atomic mass is 10.2. The maximum Gasteiger partial charge on any atom is 0.0826 e. The molecule has 1 unspecified atom stereocenters. The summed E-state index contributed by atoms with van der Waals surface area (Å²) in [6.07, 6.45) is 0.307. The van der Waals surface area contributed by atoms with Crippen molar-refractivity contribution in [1.82, 2.24) is 10.2 Å². The molecule has 0 aromatic heterocycles. The number of nitrogens with zero attached hydrogens (tertiary/aromatic N) is 1. The quantitative estimate of drug-likeness (QED) is 0.886. The summed E-state index contributed by atoms with van der Waals surface area (Å²) in [6, 6.07) is 7.93. The molecular weight excluding hydrogens is 236 g/mol. The van der Waals surface area contributed by atoms with E-state index in [1.165, 1.54) is 5.56 Å². The number of morpholine rings is 1. The van der Waals surface area contributed by atoms with Gasteiger partial charge in [0.25, 0.3) is 0 Å². The molecule has 0 bridgehead atoms. The molecule has 3 nitrogen and oxygen atoms in total. The first-order valence-electron chi connectivity index (χ1n) is 5.99. The topological polar surface area (TPSA) is 24.5 Å². The summed E-state index contributed by atoms with van der Waals surface area (Å²) in [4.78, 5) is 2.30. The van der Waals surface area contributed by atoms with Gasteiger partial charge in [0.1, 0.15) is 0 Å². The van der Waals surface area contributed by atoms with Crippen molar-refractivity contribution in [3.05, 3.63) is 34.9 Å². The number of halogens is 1. The second kappa shape index (κ2) is 6.36. The molecule has 1 aromatic carbocycles. The van der Waals surface area contributed by atoms with Crippen LogP contribution in [-0.4, -0.2) is 44.3 Å². The van der Waals surface area contributed by atoms with Gasteiger partial charge in [-0.1, -0.05) is 23.7 Å². The van der Waals surface area contributed by atoms with Gasteiger partial charge in [0, 0.05) is 31.2 Å². The van der Waals surface area contributed by atoms with Gasteiger partial charge in [-0.05, 0) is 24.7 Å². The van der Waals surface area contributed by atoms with Crippen molar-refractivity contribution in [2.24, 2.45) is 0 Å². The van der Waals surface area contributed by atoms with Crippen LogP contribution >= 0.6 is 11.6 Å². The van der Waals surface area contributed by atoms with Gasteiger partial charge in [0.05, 0.1) is 12.7 Å². The molecule has 94 valence electrons. The fraction of sp³-hybridized carbons (Fsp3) is 0.538. The zero-order valence-corrected chi connectivity index (χ0v) is 10.9. The van der Waals surface area contributed by atoms with Gasteiger partial charge in [-0.2, -0.15) is 0 Å². The molecule has 0 radical (unpaired) electrons. The standard InChI is InChI=1S/C13H19ClN2O/c1-16-6-7-17-13(10-16)9-15-8-11-2-4-12(14)5-3-11/h2-5,13,15H,6-10H2,1H3. The number of likely N-dealkylation sites (N-methyl/N-ethyl adjacent to an activating group) is 1. The van der Waals surface area contributed by atoms with Gasteiger partial charge >= 0.3 is 0 Å². The van der Waals surface area contributed by atoms with Crippen molar-refractivity contribution in [1.29, 1.82) is 0 Å². The Morgan fingerprint density at radius 3 is 2.88 bits per heavy atom. The van der Waals surface area contributed by atoms with E-state index in [1.54, 1.807) is 0 Å². The summed E-state index contributed by atoms with van der Waals surface area (Å²) < 4.78 is 5.68. The Morgan fingerprint density at radius 2 is 2.18 bits per heavy atom. The van der Waals surface area contributed by atoms with E-state index in [9.17, 15) is 0 Å². The summed E-state index contributed by atoms with van der Waals surface area (Å²) in [7, 11) is 2.13. The normalized spacial score (nSPS) is 21.6. The summed E-state index contributed by atoms with van der Waals surface area (Å²) in [5.74, 6) is 0. The molecule has 0 amide bonds. The molecule has 1 saturated heterocycles. The minimum Gasteiger partial charge on any atom is -0.374 e. The van der Waals surface area contributed by atoms with E-state index in [0.29, 0.717) is 6.10 Å². The third kappa shape index (κ3) is 4.28. The largest absolute Gasteiger partial charge is 0.374 e. The molecule has 2 rings (SSSR count). The summed E-state index contributed by atoms with van der Waals surface area (Å²) in [6.45, 7) is 4.64. The van der Waals surface area contributed by atoms with E-state index < -0.39 is 0 Å². The highest BCUT2D eigenvalue weighted by molar-refractivity contribution is 6.30. The van der Waals surface area contributed by atoms with Crippen LogP contribution in [0.2, 0.25) is 5.02 Å². The molecule has 1 atom stereocenters. The molecular formula is C13H19ClN2O. The minimum atomic E-state index is 0.307. The number of hydrogen-bond donors (Lipinski definition) is 1. The fourth-order valence-corrected chi connectivity index (χ4v) is 2.10. The molecule has 0 aliphatic carbocycles. The van der Waals surface area contributed by atoms with Crippen LogP contribution in [0.1, 0.15) is 5.56 Å². The van der Waals surface area contributed by atoms with Gasteiger partial charge in [-0.15, -0.1) is 0 Å². The lowest BCUT2D eigenvalue weighted by molar-refractivity contribution is -0.0182. The molecule has 1 aliphatic rings. The Bertz CT molecular complexity index is 342. The first-order chi connectivity index (χ1) is 8.24. The highest BCUT2D eigenvalue weighted by atomic mass is 35.5. The van der Waals surface area contributed by atoms with Gasteiger partial charge < -0.3 is 15.0 Å². The average molecular weight is 255 g/mol. The number of ether oxygens (including phenoxy) is 1. The molecule has 1 fully saturated rings. The average Bonchev–Trinajstić information content (AvgIpc) is 2.32. The molecule has 0 saturated carbocycles. The highest BCUT2D eigenvalue weighted by Gasteiger charge is 2.16. The van der Waals surface area contributed by atoms with Crippen molar-refractivity contribution >= 4 is 11.6 Å². The molecule has 17 heavy (non-hydrogen) atoms. The number of benzene rings is 1. The third-order valence-electron chi connectivity index (χ3n) is 2.96. The van der Waals surface area contributed by atoms with Gasteiger partial charge in [-0.25, -0.2) is 0 Å².